The van der Waals surface area contributed by atoms with E-state index < -0.39 is 26.9 Å². The van der Waals surface area contributed by atoms with Crippen LogP contribution in [0.4, 0.5) is 0 Å². The van der Waals surface area contributed by atoms with Crippen LogP contribution < -0.4 is 3.80 Å². The molecule has 44 heavy (non-hydrogen) atoms. The van der Waals surface area contributed by atoms with Crippen LogP contribution in [0, 0.1) is 0 Å². The van der Waals surface area contributed by atoms with Crippen LogP contribution in [0.5, 0.6) is 0 Å². The molecule has 0 aliphatic heterocycles. The van der Waals surface area contributed by atoms with E-state index in [0.29, 0.717) is 0 Å². The molecule has 1 N–H and O–H groups in total. The van der Waals surface area contributed by atoms with E-state index in [1.54, 1.807) is 16.7 Å². The fourth-order valence-electron chi connectivity index (χ4n) is 7.46. The molecule has 0 fully saturated rings. The second kappa shape index (κ2) is 14.6. The number of benzene rings is 4. The van der Waals surface area contributed by atoms with Gasteiger partial charge in [-0.1, -0.05) is 0 Å². The van der Waals surface area contributed by atoms with Crippen molar-refractivity contribution in [1.29, 1.82) is 0 Å². The van der Waals surface area contributed by atoms with Gasteiger partial charge in [0.25, 0.3) is 0 Å². The number of hydrogen-bond donors (Lipinski definition) is 1. The molecular formula is C41H50NSiTi. The Morgan fingerprint density at radius 3 is 1.39 bits per heavy atom. The van der Waals surface area contributed by atoms with Gasteiger partial charge in [0.2, 0.25) is 0 Å². The summed E-state index contributed by atoms with van der Waals surface area (Å²) in [7, 11) is -1.41. The Labute approximate surface area is 275 Å². The Balaban J connectivity index is 1.46. The zero-order valence-electron chi connectivity index (χ0n) is 27.7. The average Bonchev–Trinajstić information content (AvgIpc) is 3.18. The summed E-state index contributed by atoms with van der Waals surface area (Å²) in [4.78, 5) is 0. The van der Waals surface area contributed by atoms with Gasteiger partial charge < -0.3 is 0 Å². The molecule has 0 amide bonds. The van der Waals surface area contributed by atoms with Crippen molar-refractivity contribution in [2.24, 2.45) is 0 Å². The molecule has 1 unspecified atom stereocenters. The minimum absolute atomic E-state index is 0.0140. The van der Waals surface area contributed by atoms with E-state index >= 15 is 0 Å². The van der Waals surface area contributed by atoms with Gasteiger partial charge in [-0.3, -0.25) is 0 Å². The Morgan fingerprint density at radius 1 is 0.591 bits per heavy atom. The van der Waals surface area contributed by atoms with Gasteiger partial charge in [-0.25, -0.2) is 0 Å². The van der Waals surface area contributed by atoms with Crippen molar-refractivity contribution >= 4 is 8.80 Å². The van der Waals surface area contributed by atoms with Crippen molar-refractivity contribution in [3.8, 4) is 0 Å². The summed E-state index contributed by atoms with van der Waals surface area (Å²) < 4.78 is 6.74. The van der Waals surface area contributed by atoms with E-state index in [1.165, 1.54) is 49.4 Å². The van der Waals surface area contributed by atoms with Gasteiger partial charge in [0.1, 0.15) is 0 Å². The van der Waals surface area contributed by atoms with Crippen LogP contribution in [-0.2, 0) is 39.7 Å². The third kappa shape index (κ3) is 7.90. The number of rotatable bonds is 13. The summed E-state index contributed by atoms with van der Waals surface area (Å²) in [5.74, 6) is 0. The molecule has 5 rings (SSSR count). The molecule has 0 spiro atoms. The van der Waals surface area contributed by atoms with E-state index in [-0.39, 0.29) is 10.6 Å². The van der Waals surface area contributed by atoms with Crippen LogP contribution >= 0.6 is 0 Å². The van der Waals surface area contributed by atoms with Crippen molar-refractivity contribution in [2.45, 2.75) is 80.1 Å². The molecule has 0 saturated heterocycles. The monoisotopic (exact) mass is 632 g/mol. The molecule has 1 atom stereocenters. The Bertz CT molecular complexity index is 1480. The molecule has 1 aliphatic rings. The van der Waals surface area contributed by atoms with E-state index in [2.05, 4.69) is 167 Å². The van der Waals surface area contributed by atoms with Gasteiger partial charge in [0.15, 0.2) is 0 Å². The van der Waals surface area contributed by atoms with Crippen LogP contribution in [0.25, 0.3) is 0 Å². The predicted molar refractivity (Wildman–Crippen MR) is 189 cm³/mol. The van der Waals surface area contributed by atoms with Crippen molar-refractivity contribution in [1.82, 2.24) is 3.80 Å². The molecule has 0 aromatic heterocycles. The van der Waals surface area contributed by atoms with Crippen molar-refractivity contribution in [2.75, 3.05) is 0 Å². The standard InChI is InChI=1S/C27H36NSi.2C7H7.Ti/c1-20-21(2)25(17-26(4,5)28)27(6,22(20)3)29(18-23-13-9-7-10-14-23)19-24-15-11-8-12-16-24;2*1-7-5-3-2-4-6-7;/h7-16,28-29H,17-19H2,1-6H3;2*2-6H,1H2;/q-1;;;+1. The molecule has 1 aliphatic carbocycles. The summed E-state index contributed by atoms with van der Waals surface area (Å²) in [6.07, 6.45) is 1.09. The van der Waals surface area contributed by atoms with Crippen molar-refractivity contribution < 1.29 is 18.1 Å². The molecule has 4 aromatic rings. The van der Waals surface area contributed by atoms with E-state index in [9.17, 15) is 0 Å². The van der Waals surface area contributed by atoms with E-state index in [1.807, 2.05) is 0 Å². The Hall–Kier alpha value is -2.75. The van der Waals surface area contributed by atoms with Gasteiger partial charge in [-0.2, -0.15) is 0 Å². The van der Waals surface area contributed by atoms with Gasteiger partial charge >= 0.3 is 277 Å². The normalized spacial score (nSPS) is 17.1. The predicted octanol–water partition coefficient (Wildman–Crippen LogP) is 9.90. The zero-order chi connectivity index (χ0) is 31.2. The van der Waals surface area contributed by atoms with E-state index in [4.69, 9.17) is 0 Å². The van der Waals surface area contributed by atoms with Crippen LogP contribution in [0.1, 0.15) is 70.2 Å². The van der Waals surface area contributed by atoms with Gasteiger partial charge in [0.05, 0.1) is 0 Å². The fraction of sp³-hybridized carbons (Fsp3) is 0.317. The first-order chi connectivity index (χ1) is 21.2. The molecule has 4 aromatic carbocycles. The first-order valence-corrected chi connectivity index (χ1v) is 21.5. The maximum absolute atomic E-state index is 4.37. The summed E-state index contributed by atoms with van der Waals surface area (Å²) in [5, 5.41) is 0.137. The molecule has 0 radical (unpaired) electrons. The molecule has 3 heteroatoms. The third-order valence-electron chi connectivity index (χ3n) is 10.1. The summed E-state index contributed by atoms with van der Waals surface area (Å²) >= 11 is -1.72. The zero-order valence-corrected chi connectivity index (χ0v) is 30.4. The fourth-order valence-corrected chi connectivity index (χ4v) is 16.1. The average molecular weight is 633 g/mol. The minimum atomic E-state index is -1.72. The molecule has 0 saturated carbocycles. The molecule has 1 nitrogen and oxygen atoms in total. The molecular weight excluding hydrogens is 582 g/mol. The van der Waals surface area contributed by atoms with Gasteiger partial charge in [-0.05, 0) is 0 Å². The summed E-state index contributed by atoms with van der Waals surface area (Å²) in [6.45, 7) is 14.8. The Kier molecular flexibility index (Phi) is 10.8. The van der Waals surface area contributed by atoms with Crippen LogP contribution in [0.15, 0.2) is 144 Å². The molecule has 0 bridgehead atoms. The van der Waals surface area contributed by atoms with Gasteiger partial charge in [-0.15, -0.1) is 0 Å². The van der Waals surface area contributed by atoms with Crippen LogP contribution in [-0.4, -0.2) is 14.3 Å². The topological polar surface area (TPSA) is 12.0 Å². The van der Waals surface area contributed by atoms with E-state index in [0.717, 1.165) is 6.42 Å². The Morgan fingerprint density at radius 2 is 0.977 bits per heavy atom. The van der Waals surface area contributed by atoms with Crippen molar-refractivity contribution in [3.63, 3.8) is 0 Å². The first kappa shape index (κ1) is 32.6. The second-order valence-electron chi connectivity index (χ2n) is 13.7. The summed E-state index contributed by atoms with van der Waals surface area (Å²) in [6, 6.07) is 47.3. The van der Waals surface area contributed by atoms with Crippen LogP contribution in [0.2, 0.25) is 5.04 Å². The number of nitrogens with one attached hydrogen (secondary N) is 1. The van der Waals surface area contributed by atoms with Crippen molar-refractivity contribution in [3.05, 3.63) is 166 Å². The third-order valence-corrected chi connectivity index (χ3v) is 18.7. The quantitative estimate of drug-likeness (QED) is 0.145. The second-order valence-corrected chi connectivity index (χ2v) is 20.5. The van der Waals surface area contributed by atoms with Crippen LogP contribution in [0.3, 0.4) is 0 Å². The maximum atomic E-state index is 4.37. The number of hydrogen-bond acceptors (Lipinski definition) is 1. The van der Waals surface area contributed by atoms with Gasteiger partial charge in [0, 0.05) is 0 Å². The summed E-state index contributed by atoms with van der Waals surface area (Å²) in [5.41, 5.74) is 12.3. The SMILES string of the molecule is CC1=C(C)C(C)([SiH](Cc2ccccc2)Cc2ccccc2)C(CC(C)(C)[NH][Ti]([CH2]c2ccccc2)[CH2]c2ccccc2)=C1C. The molecule has 227 valence electrons. The molecule has 0 heterocycles. The number of allylic oxidation sites excluding steroid dienone is 3. The first-order valence-electron chi connectivity index (χ1n) is 16.3.